The highest BCUT2D eigenvalue weighted by atomic mass is 35.5. The number of carbonyl (C=O) groups excluding carboxylic acids is 1. The lowest BCUT2D eigenvalue weighted by Gasteiger charge is -2.02. The van der Waals surface area contributed by atoms with Crippen LogP contribution in [0.1, 0.15) is 10.4 Å². The van der Waals surface area contributed by atoms with Crippen molar-refractivity contribution in [2.75, 3.05) is 7.11 Å². The second-order valence-electron chi connectivity index (χ2n) is 3.04. The fourth-order valence-electron chi connectivity index (χ4n) is 1.48. The topological polar surface area (TPSA) is 62.3 Å². The van der Waals surface area contributed by atoms with Crippen LogP contribution in [0.2, 0.25) is 5.15 Å². The minimum absolute atomic E-state index is 0.0243. The standard InChI is InChI=1S/C10H8ClNO3/c1-15-9-3-7-5(2-8(9)14)6(4-13)10(11)12-7/h2-4,12,14H,1H3. The Hall–Kier alpha value is -1.68. The van der Waals surface area contributed by atoms with Crippen LogP contribution < -0.4 is 4.74 Å². The number of carbonyl (C=O) groups is 1. The number of halogens is 1. The van der Waals surface area contributed by atoms with Crippen molar-refractivity contribution in [3.8, 4) is 11.5 Å². The van der Waals surface area contributed by atoms with Crippen molar-refractivity contribution in [1.29, 1.82) is 0 Å². The van der Waals surface area contributed by atoms with Crippen LogP contribution in [0.25, 0.3) is 10.9 Å². The van der Waals surface area contributed by atoms with Gasteiger partial charge < -0.3 is 14.8 Å². The van der Waals surface area contributed by atoms with Gasteiger partial charge in [0.2, 0.25) is 0 Å². The number of phenols is 1. The van der Waals surface area contributed by atoms with Crippen LogP contribution in [0, 0.1) is 0 Å². The van der Waals surface area contributed by atoms with Crippen LogP contribution in [0.4, 0.5) is 0 Å². The smallest absolute Gasteiger partial charge is 0.162 e. The van der Waals surface area contributed by atoms with Gasteiger partial charge in [-0.25, -0.2) is 0 Å². The van der Waals surface area contributed by atoms with Gasteiger partial charge in [-0.05, 0) is 6.07 Å². The maximum absolute atomic E-state index is 10.8. The van der Waals surface area contributed by atoms with E-state index >= 15 is 0 Å². The molecule has 1 aromatic heterocycles. The molecule has 5 heteroatoms. The van der Waals surface area contributed by atoms with Crippen molar-refractivity contribution in [3.05, 3.63) is 22.8 Å². The summed E-state index contributed by atoms with van der Waals surface area (Å²) in [7, 11) is 1.45. The second-order valence-corrected chi connectivity index (χ2v) is 3.42. The van der Waals surface area contributed by atoms with E-state index in [2.05, 4.69) is 4.98 Å². The molecule has 1 heterocycles. The molecule has 4 nitrogen and oxygen atoms in total. The number of ether oxygens (including phenoxy) is 1. The number of hydrogen-bond acceptors (Lipinski definition) is 3. The van der Waals surface area contributed by atoms with Crippen LogP contribution in [0.15, 0.2) is 12.1 Å². The van der Waals surface area contributed by atoms with Crippen LogP contribution in [0.3, 0.4) is 0 Å². The fraction of sp³-hybridized carbons (Fsp3) is 0.100. The lowest BCUT2D eigenvalue weighted by atomic mass is 10.1. The summed E-state index contributed by atoms with van der Waals surface area (Å²) in [6.45, 7) is 0. The Labute approximate surface area is 90.4 Å². The van der Waals surface area contributed by atoms with Gasteiger partial charge in [0.05, 0.1) is 18.2 Å². The van der Waals surface area contributed by atoms with E-state index in [-0.39, 0.29) is 10.9 Å². The molecular formula is C10H8ClNO3. The van der Waals surface area contributed by atoms with Gasteiger partial charge in [-0.3, -0.25) is 4.79 Å². The lowest BCUT2D eigenvalue weighted by molar-refractivity contribution is 0.112. The van der Waals surface area contributed by atoms with Crippen molar-refractivity contribution in [2.45, 2.75) is 0 Å². The first kappa shape index (κ1) is 9.86. The van der Waals surface area contributed by atoms with E-state index in [4.69, 9.17) is 16.3 Å². The molecule has 0 radical (unpaired) electrons. The molecule has 0 fully saturated rings. The molecule has 0 unspecified atom stereocenters. The van der Waals surface area contributed by atoms with Gasteiger partial charge in [-0.15, -0.1) is 0 Å². The molecule has 2 N–H and O–H groups in total. The quantitative estimate of drug-likeness (QED) is 0.772. The van der Waals surface area contributed by atoms with Gasteiger partial charge in [-0.1, -0.05) is 11.6 Å². The van der Waals surface area contributed by atoms with Gasteiger partial charge in [-0.2, -0.15) is 0 Å². The minimum atomic E-state index is -0.0243. The molecular weight excluding hydrogens is 218 g/mol. The zero-order valence-corrected chi connectivity index (χ0v) is 8.63. The van der Waals surface area contributed by atoms with E-state index in [1.165, 1.54) is 13.2 Å². The third-order valence-electron chi connectivity index (χ3n) is 2.21. The predicted molar refractivity (Wildman–Crippen MR) is 56.9 cm³/mol. The number of nitrogens with one attached hydrogen (secondary N) is 1. The monoisotopic (exact) mass is 225 g/mol. The molecule has 0 atom stereocenters. The van der Waals surface area contributed by atoms with Crippen LogP contribution in [0.5, 0.6) is 11.5 Å². The number of fused-ring (bicyclic) bond motifs is 1. The Balaban J connectivity index is 2.81. The van der Waals surface area contributed by atoms with Crippen molar-refractivity contribution >= 4 is 28.8 Å². The average Bonchev–Trinajstić information content (AvgIpc) is 2.51. The molecule has 1 aromatic carbocycles. The van der Waals surface area contributed by atoms with Crippen LogP contribution in [-0.2, 0) is 0 Å². The minimum Gasteiger partial charge on any atom is -0.504 e. The number of methoxy groups -OCH3 is 1. The summed E-state index contributed by atoms with van der Waals surface area (Å²) in [6.07, 6.45) is 0.646. The molecule has 0 spiro atoms. The van der Waals surface area contributed by atoms with E-state index in [1.807, 2.05) is 0 Å². The van der Waals surface area contributed by atoms with Crippen LogP contribution >= 0.6 is 11.6 Å². The molecule has 78 valence electrons. The van der Waals surface area contributed by atoms with Gasteiger partial charge in [0.15, 0.2) is 17.8 Å². The molecule has 0 saturated carbocycles. The Morgan fingerprint density at radius 2 is 2.27 bits per heavy atom. The molecule has 2 aromatic rings. The number of phenolic OH excluding ortho intramolecular Hbond substituents is 1. The number of aromatic amines is 1. The number of H-pyrrole nitrogens is 1. The number of aromatic hydroxyl groups is 1. The zero-order valence-electron chi connectivity index (χ0n) is 7.87. The molecule has 0 saturated heterocycles. The molecule has 2 rings (SSSR count). The first-order valence-electron chi connectivity index (χ1n) is 4.20. The van der Waals surface area contributed by atoms with Crippen molar-refractivity contribution in [3.63, 3.8) is 0 Å². The summed E-state index contributed by atoms with van der Waals surface area (Å²) in [5.74, 6) is 0.307. The van der Waals surface area contributed by atoms with Crippen molar-refractivity contribution < 1.29 is 14.6 Å². The van der Waals surface area contributed by atoms with Crippen LogP contribution in [-0.4, -0.2) is 23.5 Å². The Kier molecular flexibility index (Phi) is 2.28. The Morgan fingerprint density at radius 3 is 2.87 bits per heavy atom. The highest BCUT2D eigenvalue weighted by Gasteiger charge is 2.12. The normalized spacial score (nSPS) is 10.5. The molecule has 15 heavy (non-hydrogen) atoms. The van der Waals surface area contributed by atoms with E-state index < -0.39 is 0 Å². The summed E-state index contributed by atoms with van der Waals surface area (Å²) < 4.78 is 4.93. The largest absolute Gasteiger partial charge is 0.504 e. The van der Waals surface area contributed by atoms with E-state index in [0.717, 1.165) is 0 Å². The van der Waals surface area contributed by atoms with Gasteiger partial charge in [0.25, 0.3) is 0 Å². The number of aldehydes is 1. The number of rotatable bonds is 2. The van der Waals surface area contributed by atoms with Gasteiger partial charge in [0, 0.05) is 11.5 Å². The first-order valence-corrected chi connectivity index (χ1v) is 4.58. The summed E-state index contributed by atoms with van der Waals surface area (Å²) in [5, 5.41) is 10.4. The van der Waals surface area contributed by atoms with Gasteiger partial charge in [0.1, 0.15) is 5.15 Å². The highest BCUT2D eigenvalue weighted by molar-refractivity contribution is 6.34. The van der Waals surface area contributed by atoms with E-state index in [1.54, 1.807) is 6.07 Å². The average molecular weight is 226 g/mol. The maximum atomic E-state index is 10.8. The number of hydrogen-bond donors (Lipinski definition) is 2. The fourth-order valence-corrected chi connectivity index (χ4v) is 1.73. The first-order chi connectivity index (χ1) is 7.17. The molecule has 0 aliphatic rings. The third-order valence-corrected chi connectivity index (χ3v) is 2.51. The Bertz CT molecular complexity index is 533. The lowest BCUT2D eigenvalue weighted by Crippen LogP contribution is -1.83. The SMILES string of the molecule is COc1cc2[nH]c(Cl)c(C=O)c2cc1O. The molecule has 0 aliphatic carbocycles. The summed E-state index contributed by atoms with van der Waals surface area (Å²) in [4.78, 5) is 13.6. The summed E-state index contributed by atoms with van der Waals surface area (Å²) >= 11 is 5.81. The molecule has 0 amide bonds. The Morgan fingerprint density at radius 1 is 1.53 bits per heavy atom. The number of benzene rings is 1. The third kappa shape index (κ3) is 1.43. The molecule has 0 bridgehead atoms. The number of aromatic nitrogens is 1. The zero-order chi connectivity index (χ0) is 11.0. The molecule has 0 aliphatic heterocycles. The predicted octanol–water partition coefficient (Wildman–Crippen LogP) is 2.35. The second kappa shape index (κ2) is 3.47. The summed E-state index contributed by atoms with van der Waals surface area (Å²) in [5.41, 5.74) is 0.987. The maximum Gasteiger partial charge on any atom is 0.162 e. The highest BCUT2D eigenvalue weighted by Crippen LogP contribution is 2.34. The summed E-state index contributed by atoms with van der Waals surface area (Å²) in [6, 6.07) is 3.03. The van der Waals surface area contributed by atoms with Gasteiger partial charge >= 0.3 is 0 Å². The van der Waals surface area contributed by atoms with E-state index in [9.17, 15) is 9.90 Å². The van der Waals surface area contributed by atoms with Crippen molar-refractivity contribution in [2.24, 2.45) is 0 Å². The van der Waals surface area contributed by atoms with Crippen molar-refractivity contribution in [1.82, 2.24) is 4.98 Å². The van der Waals surface area contributed by atoms with E-state index in [0.29, 0.717) is 28.5 Å².